The zero-order chi connectivity index (χ0) is 13.5. The standard InChI is InChI=1S/C17H27NO/c1-14(2)11-18-12-16-5-3-4-6-17(16)13-19-10-9-15-7-8-15/h3-6,14-15,18H,7-13H2,1-2H3. The van der Waals surface area contributed by atoms with E-state index in [1.54, 1.807) is 0 Å². The van der Waals surface area contributed by atoms with Crippen LogP contribution in [-0.2, 0) is 17.9 Å². The summed E-state index contributed by atoms with van der Waals surface area (Å²) in [5.74, 6) is 1.66. The molecule has 1 saturated carbocycles. The molecule has 106 valence electrons. The van der Waals surface area contributed by atoms with Crippen LogP contribution in [0.2, 0.25) is 0 Å². The molecule has 0 aliphatic heterocycles. The fraction of sp³-hybridized carbons (Fsp3) is 0.647. The van der Waals surface area contributed by atoms with Gasteiger partial charge in [0.15, 0.2) is 0 Å². The zero-order valence-corrected chi connectivity index (χ0v) is 12.3. The monoisotopic (exact) mass is 261 g/mol. The molecule has 2 heteroatoms. The molecule has 1 aromatic carbocycles. The van der Waals surface area contributed by atoms with Crippen LogP contribution in [-0.4, -0.2) is 13.2 Å². The molecular formula is C17H27NO. The third-order valence-corrected chi connectivity index (χ3v) is 3.61. The van der Waals surface area contributed by atoms with Gasteiger partial charge in [-0.1, -0.05) is 51.0 Å². The average molecular weight is 261 g/mol. The first kappa shape index (κ1) is 14.5. The second kappa shape index (κ2) is 7.66. The molecule has 0 unspecified atom stereocenters. The smallest absolute Gasteiger partial charge is 0.0720 e. The molecule has 1 aliphatic carbocycles. The Morgan fingerprint density at radius 2 is 1.95 bits per heavy atom. The molecule has 1 aromatic rings. The van der Waals surface area contributed by atoms with Crippen molar-refractivity contribution in [2.75, 3.05) is 13.2 Å². The van der Waals surface area contributed by atoms with Crippen LogP contribution >= 0.6 is 0 Å². The number of benzene rings is 1. The van der Waals surface area contributed by atoms with Gasteiger partial charge in [0.1, 0.15) is 0 Å². The maximum atomic E-state index is 5.81. The Kier molecular flexibility index (Phi) is 5.87. The summed E-state index contributed by atoms with van der Waals surface area (Å²) in [4.78, 5) is 0. The Bertz CT molecular complexity index is 371. The molecule has 2 rings (SSSR count). The van der Waals surface area contributed by atoms with Crippen molar-refractivity contribution in [2.24, 2.45) is 11.8 Å². The maximum absolute atomic E-state index is 5.81. The van der Waals surface area contributed by atoms with E-state index < -0.39 is 0 Å². The lowest BCUT2D eigenvalue weighted by atomic mass is 10.1. The molecule has 0 aromatic heterocycles. The van der Waals surface area contributed by atoms with Crippen LogP contribution < -0.4 is 5.32 Å². The fourth-order valence-electron chi connectivity index (χ4n) is 2.20. The van der Waals surface area contributed by atoms with Gasteiger partial charge in [-0.25, -0.2) is 0 Å². The molecule has 0 saturated heterocycles. The van der Waals surface area contributed by atoms with Crippen molar-refractivity contribution in [2.45, 2.75) is 46.3 Å². The molecular weight excluding hydrogens is 234 g/mol. The second-order valence-electron chi connectivity index (χ2n) is 6.08. The van der Waals surface area contributed by atoms with Gasteiger partial charge in [-0.3, -0.25) is 0 Å². The van der Waals surface area contributed by atoms with Crippen molar-refractivity contribution >= 4 is 0 Å². The Balaban J connectivity index is 1.73. The first-order valence-electron chi connectivity index (χ1n) is 7.61. The van der Waals surface area contributed by atoms with Crippen molar-refractivity contribution in [1.82, 2.24) is 5.32 Å². The van der Waals surface area contributed by atoms with Crippen LogP contribution in [0.5, 0.6) is 0 Å². The van der Waals surface area contributed by atoms with Crippen molar-refractivity contribution in [1.29, 1.82) is 0 Å². The van der Waals surface area contributed by atoms with Crippen LogP contribution in [0.15, 0.2) is 24.3 Å². The summed E-state index contributed by atoms with van der Waals surface area (Å²) in [6.45, 7) is 8.15. The second-order valence-corrected chi connectivity index (χ2v) is 6.08. The van der Waals surface area contributed by atoms with E-state index in [9.17, 15) is 0 Å². The van der Waals surface area contributed by atoms with Gasteiger partial charge in [0.25, 0.3) is 0 Å². The lowest BCUT2D eigenvalue weighted by Crippen LogP contribution is -2.19. The fourth-order valence-corrected chi connectivity index (χ4v) is 2.20. The van der Waals surface area contributed by atoms with Gasteiger partial charge in [0.2, 0.25) is 0 Å². The van der Waals surface area contributed by atoms with E-state index in [2.05, 4.69) is 43.4 Å². The molecule has 0 heterocycles. The van der Waals surface area contributed by atoms with Gasteiger partial charge in [0.05, 0.1) is 6.61 Å². The highest BCUT2D eigenvalue weighted by atomic mass is 16.5. The van der Waals surface area contributed by atoms with Crippen LogP contribution in [0.3, 0.4) is 0 Å². The summed E-state index contributed by atoms with van der Waals surface area (Å²) < 4.78 is 5.81. The van der Waals surface area contributed by atoms with Gasteiger partial charge in [-0.05, 0) is 35.9 Å². The summed E-state index contributed by atoms with van der Waals surface area (Å²) >= 11 is 0. The summed E-state index contributed by atoms with van der Waals surface area (Å²) in [5, 5.41) is 3.50. The number of nitrogens with one attached hydrogen (secondary N) is 1. The van der Waals surface area contributed by atoms with Gasteiger partial charge in [-0.2, -0.15) is 0 Å². The van der Waals surface area contributed by atoms with Gasteiger partial charge >= 0.3 is 0 Å². The summed E-state index contributed by atoms with van der Waals surface area (Å²) in [6, 6.07) is 8.60. The van der Waals surface area contributed by atoms with Crippen LogP contribution in [0, 0.1) is 11.8 Å². The Morgan fingerprint density at radius 1 is 1.21 bits per heavy atom. The topological polar surface area (TPSA) is 21.3 Å². The van der Waals surface area contributed by atoms with Crippen molar-refractivity contribution in [3.05, 3.63) is 35.4 Å². The Hall–Kier alpha value is -0.860. The van der Waals surface area contributed by atoms with E-state index in [1.165, 1.54) is 30.4 Å². The largest absolute Gasteiger partial charge is 0.377 e. The van der Waals surface area contributed by atoms with Crippen LogP contribution in [0.4, 0.5) is 0 Å². The Morgan fingerprint density at radius 3 is 2.63 bits per heavy atom. The van der Waals surface area contributed by atoms with E-state index in [0.29, 0.717) is 5.92 Å². The van der Waals surface area contributed by atoms with E-state index in [-0.39, 0.29) is 0 Å². The third kappa shape index (κ3) is 5.75. The lowest BCUT2D eigenvalue weighted by Gasteiger charge is -2.12. The zero-order valence-electron chi connectivity index (χ0n) is 12.3. The number of ether oxygens (including phenoxy) is 1. The average Bonchev–Trinajstić information content (AvgIpc) is 3.20. The third-order valence-electron chi connectivity index (χ3n) is 3.61. The minimum atomic E-state index is 0.696. The molecule has 2 nitrogen and oxygen atoms in total. The molecule has 0 atom stereocenters. The normalized spacial score (nSPS) is 15.1. The Labute approximate surface area is 117 Å². The van der Waals surface area contributed by atoms with E-state index in [0.717, 1.165) is 32.2 Å². The predicted molar refractivity (Wildman–Crippen MR) is 80.0 cm³/mol. The van der Waals surface area contributed by atoms with E-state index in [1.807, 2.05) is 0 Å². The molecule has 19 heavy (non-hydrogen) atoms. The highest BCUT2D eigenvalue weighted by molar-refractivity contribution is 5.26. The molecule has 1 N–H and O–H groups in total. The van der Waals surface area contributed by atoms with Crippen LogP contribution in [0.1, 0.15) is 44.2 Å². The van der Waals surface area contributed by atoms with Crippen molar-refractivity contribution < 1.29 is 4.74 Å². The minimum absolute atomic E-state index is 0.696. The van der Waals surface area contributed by atoms with E-state index in [4.69, 9.17) is 4.74 Å². The summed E-state index contributed by atoms with van der Waals surface area (Å²) in [5.41, 5.74) is 2.70. The summed E-state index contributed by atoms with van der Waals surface area (Å²) in [6.07, 6.45) is 4.08. The molecule has 0 spiro atoms. The van der Waals surface area contributed by atoms with Gasteiger partial charge < -0.3 is 10.1 Å². The minimum Gasteiger partial charge on any atom is -0.377 e. The SMILES string of the molecule is CC(C)CNCc1ccccc1COCCC1CC1. The highest BCUT2D eigenvalue weighted by Crippen LogP contribution is 2.32. The first-order valence-corrected chi connectivity index (χ1v) is 7.61. The predicted octanol–water partition coefficient (Wildman–Crippen LogP) is 3.75. The first-order chi connectivity index (χ1) is 9.25. The van der Waals surface area contributed by atoms with Crippen molar-refractivity contribution in [3.63, 3.8) is 0 Å². The quantitative estimate of drug-likeness (QED) is 0.684. The van der Waals surface area contributed by atoms with E-state index >= 15 is 0 Å². The maximum Gasteiger partial charge on any atom is 0.0720 e. The molecule has 1 fully saturated rings. The molecule has 1 aliphatic rings. The number of rotatable bonds is 9. The lowest BCUT2D eigenvalue weighted by molar-refractivity contribution is 0.114. The summed E-state index contributed by atoms with van der Waals surface area (Å²) in [7, 11) is 0. The molecule has 0 amide bonds. The number of hydrogen-bond acceptors (Lipinski definition) is 2. The van der Waals surface area contributed by atoms with Crippen LogP contribution in [0.25, 0.3) is 0 Å². The van der Waals surface area contributed by atoms with Gasteiger partial charge in [-0.15, -0.1) is 0 Å². The van der Waals surface area contributed by atoms with Crippen molar-refractivity contribution in [3.8, 4) is 0 Å². The highest BCUT2D eigenvalue weighted by Gasteiger charge is 2.20. The van der Waals surface area contributed by atoms with Gasteiger partial charge in [0, 0.05) is 13.2 Å². The molecule has 0 radical (unpaired) electrons. The molecule has 0 bridgehead atoms. The number of hydrogen-bond donors (Lipinski definition) is 1.